The first-order valence-corrected chi connectivity index (χ1v) is 7.80. The molecule has 2 N–H and O–H groups in total. The number of nitrogens with zero attached hydrogens (tertiary/aromatic N) is 1. The van der Waals surface area contributed by atoms with Crippen molar-refractivity contribution in [3.8, 4) is 0 Å². The molecule has 0 saturated carbocycles. The van der Waals surface area contributed by atoms with E-state index < -0.39 is 0 Å². The fraction of sp³-hybridized carbons (Fsp3) is 0.417. The van der Waals surface area contributed by atoms with E-state index >= 15 is 0 Å². The molecule has 0 aliphatic rings. The van der Waals surface area contributed by atoms with Crippen molar-refractivity contribution in [2.45, 2.75) is 31.3 Å². The number of carbonyl (C=O) groups is 1. The van der Waals surface area contributed by atoms with Gasteiger partial charge >= 0.3 is 0 Å². The third-order valence-electron chi connectivity index (χ3n) is 2.38. The van der Waals surface area contributed by atoms with E-state index in [1.165, 1.54) is 23.1 Å². The minimum Gasteiger partial charge on any atom is -0.347 e. The number of hydrogen-bond donors (Lipinski definition) is 2. The van der Waals surface area contributed by atoms with Crippen LogP contribution in [-0.2, 0) is 0 Å². The molecule has 1 amide bonds. The first-order valence-electron chi connectivity index (χ1n) is 5.69. The van der Waals surface area contributed by atoms with Crippen molar-refractivity contribution in [2.75, 3.05) is 6.26 Å². The van der Waals surface area contributed by atoms with Crippen molar-refractivity contribution in [1.29, 1.82) is 0 Å². The maximum absolute atomic E-state index is 12.4. The number of rotatable bonds is 2. The fourth-order valence-corrected chi connectivity index (χ4v) is 2.92. The molecule has 19 heavy (non-hydrogen) atoms. The quantitative estimate of drug-likeness (QED) is 0.834. The number of thioether (sulfide) groups is 1. The van der Waals surface area contributed by atoms with Crippen LogP contribution in [0.3, 0.4) is 0 Å². The summed E-state index contributed by atoms with van der Waals surface area (Å²) in [5, 5.41) is 3.37. The van der Waals surface area contributed by atoms with Gasteiger partial charge in [-0.2, -0.15) is 0 Å². The molecule has 0 fully saturated rings. The molecule has 2 aromatic heterocycles. The zero-order valence-electron chi connectivity index (χ0n) is 11.2. The SMILES string of the molecule is CSc1[nH]c2ncsc2c(=O)c1C(=O)NC(C)(C)C. The van der Waals surface area contributed by atoms with Crippen LogP contribution in [0.25, 0.3) is 10.3 Å². The van der Waals surface area contributed by atoms with Gasteiger partial charge in [0.1, 0.15) is 10.3 Å². The first-order chi connectivity index (χ1) is 8.83. The summed E-state index contributed by atoms with van der Waals surface area (Å²) in [7, 11) is 0. The van der Waals surface area contributed by atoms with Gasteiger partial charge in [0.15, 0.2) is 5.65 Å². The van der Waals surface area contributed by atoms with Crippen LogP contribution in [0.5, 0.6) is 0 Å². The van der Waals surface area contributed by atoms with Crippen LogP contribution in [0.1, 0.15) is 31.1 Å². The molecular formula is C12H15N3O2S2. The monoisotopic (exact) mass is 297 g/mol. The lowest BCUT2D eigenvalue weighted by atomic mass is 10.1. The minimum atomic E-state index is -0.387. The van der Waals surface area contributed by atoms with Crippen LogP contribution in [0.2, 0.25) is 0 Å². The lowest BCUT2D eigenvalue weighted by Gasteiger charge is -2.20. The molecule has 0 aliphatic carbocycles. The average molecular weight is 297 g/mol. The molecule has 0 spiro atoms. The van der Waals surface area contributed by atoms with Gasteiger partial charge in [0.05, 0.1) is 10.5 Å². The number of H-pyrrole nitrogens is 1. The number of hydrogen-bond acceptors (Lipinski definition) is 5. The van der Waals surface area contributed by atoms with Gasteiger partial charge in [-0.15, -0.1) is 23.1 Å². The third kappa shape index (κ3) is 2.82. The summed E-state index contributed by atoms with van der Waals surface area (Å²) < 4.78 is 0.483. The number of aromatic amines is 1. The van der Waals surface area contributed by atoms with Gasteiger partial charge in [0, 0.05) is 5.54 Å². The summed E-state index contributed by atoms with van der Waals surface area (Å²) in [6, 6.07) is 0. The van der Waals surface area contributed by atoms with Gasteiger partial charge in [-0.1, -0.05) is 0 Å². The van der Waals surface area contributed by atoms with E-state index in [4.69, 9.17) is 0 Å². The predicted molar refractivity (Wildman–Crippen MR) is 79.2 cm³/mol. The molecular weight excluding hydrogens is 282 g/mol. The molecule has 7 heteroatoms. The topological polar surface area (TPSA) is 74.8 Å². The highest BCUT2D eigenvalue weighted by atomic mass is 32.2. The van der Waals surface area contributed by atoms with Crippen LogP contribution >= 0.6 is 23.1 Å². The minimum absolute atomic E-state index is 0.166. The molecule has 5 nitrogen and oxygen atoms in total. The molecule has 0 bridgehead atoms. The van der Waals surface area contributed by atoms with E-state index in [1.54, 1.807) is 5.51 Å². The zero-order chi connectivity index (χ0) is 14.2. The summed E-state index contributed by atoms with van der Waals surface area (Å²) in [6.07, 6.45) is 1.82. The highest BCUT2D eigenvalue weighted by molar-refractivity contribution is 7.98. The van der Waals surface area contributed by atoms with Crippen LogP contribution in [-0.4, -0.2) is 27.7 Å². The smallest absolute Gasteiger partial charge is 0.258 e. The largest absolute Gasteiger partial charge is 0.347 e. The predicted octanol–water partition coefficient (Wildman–Crippen LogP) is 2.23. The first kappa shape index (κ1) is 14.1. The Labute approximate surface area is 118 Å². The van der Waals surface area contributed by atoms with Crippen molar-refractivity contribution >= 4 is 39.4 Å². The molecule has 102 valence electrons. The Hall–Kier alpha value is -1.34. The van der Waals surface area contributed by atoms with Crippen LogP contribution in [0.4, 0.5) is 0 Å². The molecule has 2 heterocycles. The van der Waals surface area contributed by atoms with Crippen LogP contribution in [0, 0.1) is 0 Å². The summed E-state index contributed by atoms with van der Waals surface area (Å²) in [5.74, 6) is -0.353. The van der Waals surface area contributed by atoms with E-state index in [9.17, 15) is 9.59 Å². The zero-order valence-corrected chi connectivity index (χ0v) is 12.8. The van der Waals surface area contributed by atoms with E-state index in [2.05, 4.69) is 15.3 Å². The summed E-state index contributed by atoms with van der Waals surface area (Å²) in [6.45, 7) is 5.63. The Morgan fingerprint density at radius 1 is 1.47 bits per heavy atom. The summed E-state index contributed by atoms with van der Waals surface area (Å²) in [5.41, 5.74) is 1.65. The van der Waals surface area contributed by atoms with E-state index in [1.807, 2.05) is 27.0 Å². The second-order valence-electron chi connectivity index (χ2n) is 5.10. The van der Waals surface area contributed by atoms with Crippen molar-refractivity contribution in [3.05, 3.63) is 21.3 Å². The van der Waals surface area contributed by atoms with Gasteiger partial charge in [-0.25, -0.2) is 4.98 Å². The molecule has 0 radical (unpaired) electrons. The average Bonchev–Trinajstić information content (AvgIpc) is 2.74. The standard InChI is InChI=1S/C12H15N3O2S2/c1-12(2,3)15-10(17)6-7(16)8-9(13-5-19-8)14-11(6)18-4/h5H,1-4H3,(H,14,16)(H,15,17). The van der Waals surface area contributed by atoms with Gasteiger partial charge in [-0.3, -0.25) is 9.59 Å². The number of carbonyl (C=O) groups excluding carboxylic acids is 1. The summed E-state index contributed by atoms with van der Waals surface area (Å²) in [4.78, 5) is 31.8. The molecule has 0 aromatic carbocycles. The Balaban J connectivity index is 2.61. The Kier molecular flexibility index (Phi) is 3.69. The second-order valence-corrected chi connectivity index (χ2v) is 6.77. The lowest BCUT2D eigenvalue weighted by Crippen LogP contribution is -2.42. The maximum Gasteiger partial charge on any atom is 0.258 e. The van der Waals surface area contributed by atoms with E-state index in [-0.39, 0.29) is 22.4 Å². The van der Waals surface area contributed by atoms with Crippen molar-refractivity contribution in [1.82, 2.24) is 15.3 Å². The van der Waals surface area contributed by atoms with Crippen LogP contribution in [0.15, 0.2) is 15.3 Å². The van der Waals surface area contributed by atoms with Crippen molar-refractivity contribution in [2.24, 2.45) is 0 Å². The third-order valence-corrected chi connectivity index (χ3v) is 3.92. The molecule has 2 rings (SSSR count). The number of aromatic nitrogens is 2. The van der Waals surface area contributed by atoms with Crippen molar-refractivity contribution < 1.29 is 4.79 Å². The highest BCUT2D eigenvalue weighted by Gasteiger charge is 2.23. The Morgan fingerprint density at radius 3 is 2.74 bits per heavy atom. The van der Waals surface area contributed by atoms with E-state index in [0.717, 1.165) is 0 Å². The van der Waals surface area contributed by atoms with Gasteiger partial charge in [0.2, 0.25) is 5.43 Å². The molecule has 0 atom stereocenters. The number of amides is 1. The fourth-order valence-electron chi connectivity index (χ4n) is 1.65. The van der Waals surface area contributed by atoms with E-state index in [0.29, 0.717) is 15.4 Å². The highest BCUT2D eigenvalue weighted by Crippen LogP contribution is 2.21. The Morgan fingerprint density at radius 2 is 2.16 bits per heavy atom. The number of fused-ring (bicyclic) bond motifs is 1. The van der Waals surface area contributed by atoms with Gasteiger partial charge in [0.25, 0.3) is 5.91 Å². The maximum atomic E-state index is 12.4. The van der Waals surface area contributed by atoms with Gasteiger partial charge in [-0.05, 0) is 27.0 Å². The summed E-state index contributed by atoms with van der Waals surface area (Å²) >= 11 is 2.57. The lowest BCUT2D eigenvalue weighted by molar-refractivity contribution is 0.0915. The number of nitrogens with one attached hydrogen (secondary N) is 2. The molecule has 0 saturated heterocycles. The molecule has 0 unspecified atom stereocenters. The second kappa shape index (κ2) is 4.97. The number of pyridine rings is 1. The van der Waals surface area contributed by atoms with Gasteiger partial charge < -0.3 is 10.3 Å². The molecule has 0 aliphatic heterocycles. The van der Waals surface area contributed by atoms with Crippen LogP contribution < -0.4 is 10.7 Å². The van der Waals surface area contributed by atoms with Crippen molar-refractivity contribution in [3.63, 3.8) is 0 Å². The number of thiazole rings is 1. The molecule has 2 aromatic rings. The Bertz CT molecular complexity index is 682. The normalized spacial score (nSPS) is 11.8.